The number of halogens is 1. The Hall–Kier alpha value is -1.79. The van der Waals surface area contributed by atoms with E-state index in [-0.39, 0.29) is 24.3 Å². The zero-order valence-corrected chi connectivity index (χ0v) is 11.2. The molecule has 6 heteroatoms. The minimum atomic E-state index is -0.325. The lowest BCUT2D eigenvalue weighted by molar-refractivity contribution is -0.115. The molecule has 0 bridgehead atoms. The summed E-state index contributed by atoms with van der Waals surface area (Å²) < 4.78 is 12.7. The van der Waals surface area contributed by atoms with Crippen molar-refractivity contribution in [2.24, 2.45) is 0 Å². The summed E-state index contributed by atoms with van der Waals surface area (Å²) in [5, 5.41) is 8.60. The molecule has 0 radical (unpaired) electrons. The Morgan fingerprint density at radius 2 is 2.16 bits per heavy atom. The van der Waals surface area contributed by atoms with Gasteiger partial charge < -0.3 is 5.32 Å². The second kappa shape index (κ2) is 6.40. The Balaban J connectivity index is 1.80. The highest BCUT2D eigenvalue weighted by Crippen LogP contribution is 2.14. The van der Waals surface area contributed by atoms with E-state index in [9.17, 15) is 9.18 Å². The van der Waals surface area contributed by atoms with Crippen molar-refractivity contribution in [3.63, 3.8) is 0 Å². The number of thiazole rings is 1. The molecule has 1 atom stereocenters. The highest BCUT2D eigenvalue weighted by Gasteiger charge is 2.09. The van der Waals surface area contributed by atoms with Gasteiger partial charge in [-0.3, -0.25) is 10.1 Å². The summed E-state index contributed by atoms with van der Waals surface area (Å²) in [6.07, 6.45) is 1.73. The molecule has 19 heavy (non-hydrogen) atoms. The monoisotopic (exact) mass is 279 g/mol. The van der Waals surface area contributed by atoms with Crippen LogP contribution in [0.25, 0.3) is 0 Å². The van der Waals surface area contributed by atoms with Crippen LogP contribution >= 0.6 is 11.3 Å². The number of hydrogen-bond donors (Lipinski definition) is 2. The van der Waals surface area contributed by atoms with E-state index in [4.69, 9.17) is 0 Å². The Labute approximate surface area is 114 Å². The Kier molecular flexibility index (Phi) is 4.59. The zero-order chi connectivity index (χ0) is 13.7. The van der Waals surface area contributed by atoms with E-state index in [1.54, 1.807) is 17.5 Å². The quantitative estimate of drug-likeness (QED) is 0.884. The molecule has 0 spiro atoms. The zero-order valence-electron chi connectivity index (χ0n) is 10.4. The lowest BCUT2D eigenvalue weighted by Gasteiger charge is -2.11. The number of carbonyl (C=O) groups excluding carboxylic acids is 1. The van der Waals surface area contributed by atoms with Crippen LogP contribution in [0, 0.1) is 5.82 Å². The predicted octanol–water partition coefficient (Wildman–Crippen LogP) is 2.57. The lowest BCUT2D eigenvalue weighted by Crippen LogP contribution is -2.30. The van der Waals surface area contributed by atoms with Gasteiger partial charge in [0.05, 0.1) is 12.6 Å². The van der Waals surface area contributed by atoms with Crippen LogP contribution < -0.4 is 10.6 Å². The summed E-state index contributed by atoms with van der Waals surface area (Å²) in [7, 11) is 0. The van der Waals surface area contributed by atoms with Crippen LogP contribution in [-0.4, -0.2) is 17.4 Å². The molecule has 0 fully saturated rings. The Morgan fingerprint density at radius 1 is 1.42 bits per heavy atom. The third kappa shape index (κ3) is 4.11. The van der Waals surface area contributed by atoms with Gasteiger partial charge in [-0.1, -0.05) is 0 Å². The number of hydrogen-bond acceptors (Lipinski definition) is 4. The number of nitrogens with zero attached hydrogens (tertiary/aromatic N) is 1. The van der Waals surface area contributed by atoms with Gasteiger partial charge >= 0.3 is 0 Å². The third-order valence-electron chi connectivity index (χ3n) is 2.52. The molecule has 1 aromatic heterocycles. The second-order valence-corrected chi connectivity index (χ2v) is 4.95. The van der Waals surface area contributed by atoms with Crippen LogP contribution in [0.4, 0.5) is 10.1 Å². The summed E-state index contributed by atoms with van der Waals surface area (Å²) in [6, 6.07) is 5.69. The first kappa shape index (κ1) is 13.6. The molecular weight excluding hydrogens is 265 g/mol. The SMILES string of the molecule is CC(NCC(=O)Nc1ccc(F)cc1)c1nccs1. The molecule has 0 aliphatic rings. The van der Waals surface area contributed by atoms with Gasteiger partial charge in [0, 0.05) is 17.3 Å². The molecule has 100 valence electrons. The van der Waals surface area contributed by atoms with Gasteiger partial charge in [-0.25, -0.2) is 9.37 Å². The molecule has 0 saturated heterocycles. The van der Waals surface area contributed by atoms with Gasteiger partial charge in [-0.2, -0.15) is 0 Å². The van der Waals surface area contributed by atoms with Crippen LogP contribution in [-0.2, 0) is 4.79 Å². The molecule has 1 unspecified atom stereocenters. The van der Waals surface area contributed by atoms with E-state index in [1.807, 2.05) is 12.3 Å². The Bertz CT molecular complexity index is 527. The number of rotatable bonds is 5. The fourth-order valence-electron chi connectivity index (χ4n) is 1.52. The van der Waals surface area contributed by atoms with E-state index in [2.05, 4.69) is 15.6 Å². The maximum atomic E-state index is 12.7. The van der Waals surface area contributed by atoms with E-state index in [0.717, 1.165) is 5.01 Å². The van der Waals surface area contributed by atoms with Gasteiger partial charge in [-0.05, 0) is 31.2 Å². The highest BCUT2D eigenvalue weighted by molar-refractivity contribution is 7.09. The normalized spacial score (nSPS) is 12.1. The second-order valence-electron chi connectivity index (χ2n) is 4.03. The molecule has 1 heterocycles. The molecule has 2 aromatic rings. The first-order chi connectivity index (χ1) is 9.15. The van der Waals surface area contributed by atoms with E-state index in [1.165, 1.54) is 24.3 Å². The molecule has 4 nitrogen and oxygen atoms in total. The average Bonchev–Trinajstić information content (AvgIpc) is 2.93. The molecule has 0 aliphatic carbocycles. The van der Waals surface area contributed by atoms with Crippen molar-refractivity contribution in [3.8, 4) is 0 Å². The lowest BCUT2D eigenvalue weighted by atomic mass is 10.3. The van der Waals surface area contributed by atoms with Gasteiger partial charge in [0.1, 0.15) is 10.8 Å². The standard InChI is InChI=1S/C13H14FN3OS/c1-9(13-15-6-7-19-13)16-8-12(18)17-11-4-2-10(14)3-5-11/h2-7,9,16H,8H2,1H3,(H,17,18). The maximum absolute atomic E-state index is 12.7. The maximum Gasteiger partial charge on any atom is 0.238 e. The van der Waals surface area contributed by atoms with Crippen molar-refractivity contribution >= 4 is 22.9 Å². The van der Waals surface area contributed by atoms with E-state index >= 15 is 0 Å². The Morgan fingerprint density at radius 3 is 2.79 bits per heavy atom. The number of carbonyl (C=O) groups is 1. The summed E-state index contributed by atoms with van der Waals surface area (Å²) >= 11 is 1.54. The average molecular weight is 279 g/mol. The fraction of sp³-hybridized carbons (Fsp3) is 0.231. The number of aromatic nitrogens is 1. The number of benzene rings is 1. The topological polar surface area (TPSA) is 54.0 Å². The van der Waals surface area contributed by atoms with Crippen molar-refractivity contribution < 1.29 is 9.18 Å². The largest absolute Gasteiger partial charge is 0.325 e. The number of anilines is 1. The molecule has 2 rings (SSSR count). The first-order valence-corrected chi connectivity index (χ1v) is 6.71. The first-order valence-electron chi connectivity index (χ1n) is 5.83. The highest BCUT2D eigenvalue weighted by atomic mass is 32.1. The van der Waals surface area contributed by atoms with E-state index < -0.39 is 0 Å². The van der Waals surface area contributed by atoms with Crippen molar-refractivity contribution in [2.75, 3.05) is 11.9 Å². The van der Waals surface area contributed by atoms with Crippen LogP contribution in [0.5, 0.6) is 0 Å². The summed E-state index contributed by atoms with van der Waals surface area (Å²) in [6.45, 7) is 2.13. The molecule has 0 aliphatic heterocycles. The van der Waals surface area contributed by atoms with Crippen LogP contribution in [0.2, 0.25) is 0 Å². The summed E-state index contributed by atoms with van der Waals surface area (Å²) in [5.41, 5.74) is 0.579. The number of amides is 1. The van der Waals surface area contributed by atoms with Crippen molar-refractivity contribution in [1.82, 2.24) is 10.3 Å². The van der Waals surface area contributed by atoms with Gasteiger partial charge in [0.2, 0.25) is 5.91 Å². The predicted molar refractivity (Wildman–Crippen MR) is 73.6 cm³/mol. The van der Waals surface area contributed by atoms with Crippen molar-refractivity contribution in [3.05, 3.63) is 46.7 Å². The smallest absolute Gasteiger partial charge is 0.238 e. The molecular formula is C13H14FN3OS. The summed E-state index contributed by atoms with van der Waals surface area (Å²) in [4.78, 5) is 15.9. The van der Waals surface area contributed by atoms with Gasteiger partial charge in [0.25, 0.3) is 0 Å². The van der Waals surface area contributed by atoms with E-state index in [0.29, 0.717) is 5.69 Å². The minimum Gasteiger partial charge on any atom is -0.325 e. The van der Waals surface area contributed by atoms with Crippen molar-refractivity contribution in [2.45, 2.75) is 13.0 Å². The molecule has 0 saturated carbocycles. The van der Waals surface area contributed by atoms with Crippen molar-refractivity contribution in [1.29, 1.82) is 0 Å². The van der Waals surface area contributed by atoms with Crippen LogP contribution in [0.15, 0.2) is 35.8 Å². The molecule has 1 amide bonds. The van der Waals surface area contributed by atoms with Gasteiger partial charge in [0.15, 0.2) is 0 Å². The van der Waals surface area contributed by atoms with Crippen LogP contribution in [0.1, 0.15) is 18.0 Å². The minimum absolute atomic E-state index is 0.0268. The van der Waals surface area contributed by atoms with Gasteiger partial charge in [-0.15, -0.1) is 11.3 Å². The number of nitrogens with one attached hydrogen (secondary N) is 2. The summed E-state index contributed by atoms with van der Waals surface area (Å²) in [5.74, 6) is -0.497. The van der Waals surface area contributed by atoms with Crippen LogP contribution in [0.3, 0.4) is 0 Å². The molecule has 1 aromatic carbocycles. The molecule has 2 N–H and O–H groups in total. The fourth-order valence-corrected chi connectivity index (χ4v) is 2.19. The third-order valence-corrected chi connectivity index (χ3v) is 3.48.